The Balaban J connectivity index is 3.37. The van der Waals surface area contributed by atoms with Crippen molar-refractivity contribution >= 4 is 11.7 Å². The zero-order valence-corrected chi connectivity index (χ0v) is 9.04. The Bertz CT molecular complexity index is 388. The molecule has 0 radical (unpaired) electrons. The van der Waals surface area contributed by atoms with E-state index in [1.165, 1.54) is 12.1 Å². The summed E-state index contributed by atoms with van der Waals surface area (Å²) < 4.78 is 13.3. The van der Waals surface area contributed by atoms with E-state index in [0.717, 1.165) is 11.3 Å². The lowest BCUT2D eigenvalue weighted by Crippen LogP contribution is -2.13. The van der Waals surface area contributed by atoms with Crippen LogP contribution in [0.4, 0.5) is 10.1 Å². The number of nitrogens with zero attached hydrogens (tertiary/aromatic N) is 1. The van der Waals surface area contributed by atoms with E-state index in [1.54, 1.807) is 19.0 Å². The van der Waals surface area contributed by atoms with E-state index < -0.39 is 11.8 Å². The van der Waals surface area contributed by atoms with Gasteiger partial charge in [-0.1, -0.05) is 6.92 Å². The predicted octanol–water partition coefficient (Wildman–Crippen LogP) is 2.15. The third-order valence-electron chi connectivity index (χ3n) is 2.26. The fourth-order valence-electron chi connectivity index (χ4n) is 1.47. The van der Waals surface area contributed by atoms with Crippen molar-refractivity contribution in [3.8, 4) is 0 Å². The second-order valence-corrected chi connectivity index (χ2v) is 3.51. The van der Waals surface area contributed by atoms with Gasteiger partial charge >= 0.3 is 5.97 Å². The number of aromatic carboxylic acids is 1. The number of benzene rings is 1. The van der Waals surface area contributed by atoms with Crippen LogP contribution in [0, 0.1) is 5.82 Å². The van der Waals surface area contributed by atoms with E-state index in [0.29, 0.717) is 6.42 Å². The van der Waals surface area contributed by atoms with Crippen LogP contribution in [0.15, 0.2) is 12.1 Å². The van der Waals surface area contributed by atoms with Gasteiger partial charge in [-0.05, 0) is 24.1 Å². The first-order valence-electron chi connectivity index (χ1n) is 4.70. The van der Waals surface area contributed by atoms with Crippen molar-refractivity contribution in [3.05, 3.63) is 29.1 Å². The molecule has 0 aliphatic carbocycles. The molecule has 0 saturated carbocycles. The second kappa shape index (κ2) is 4.29. The van der Waals surface area contributed by atoms with Crippen LogP contribution in [0.2, 0.25) is 0 Å². The number of carboxylic acids is 1. The molecule has 3 nitrogen and oxygen atoms in total. The molecule has 1 N–H and O–H groups in total. The first-order chi connectivity index (χ1) is 6.97. The highest BCUT2D eigenvalue weighted by molar-refractivity contribution is 5.89. The van der Waals surface area contributed by atoms with Gasteiger partial charge in [0.1, 0.15) is 5.82 Å². The fraction of sp³-hybridized carbons (Fsp3) is 0.364. The monoisotopic (exact) mass is 211 g/mol. The molecule has 0 saturated heterocycles. The van der Waals surface area contributed by atoms with Gasteiger partial charge in [0.15, 0.2) is 0 Å². The minimum atomic E-state index is -1.24. The van der Waals surface area contributed by atoms with Crippen molar-refractivity contribution in [1.82, 2.24) is 0 Å². The normalized spacial score (nSPS) is 10.1. The molecule has 82 valence electrons. The van der Waals surface area contributed by atoms with Crippen molar-refractivity contribution in [1.29, 1.82) is 0 Å². The summed E-state index contributed by atoms with van der Waals surface area (Å²) in [5.41, 5.74) is 1.27. The first kappa shape index (κ1) is 11.5. The molecule has 1 rings (SSSR count). The van der Waals surface area contributed by atoms with E-state index in [-0.39, 0.29) is 5.56 Å². The van der Waals surface area contributed by atoms with Crippen molar-refractivity contribution in [2.45, 2.75) is 13.3 Å². The molecule has 1 aromatic carbocycles. The van der Waals surface area contributed by atoms with E-state index in [1.807, 2.05) is 6.92 Å². The van der Waals surface area contributed by atoms with Crippen molar-refractivity contribution in [3.63, 3.8) is 0 Å². The number of halogens is 1. The van der Waals surface area contributed by atoms with Gasteiger partial charge in [0.2, 0.25) is 0 Å². The smallest absolute Gasteiger partial charge is 0.338 e. The largest absolute Gasteiger partial charge is 0.478 e. The van der Waals surface area contributed by atoms with Gasteiger partial charge in [0, 0.05) is 19.8 Å². The SMILES string of the molecule is CCc1cc(F)c(C(=O)O)cc1N(C)C. The van der Waals surface area contributed by atoms with Crippen molar-refractivity contribution in [2.75, 3.05) is 19.0 Å². The Hall–Kier alpha value is -1.58. The summed E-state index contributed by atoms with van der Waals surface area (Å²) >= 11 is 0. The standard InChI is InChI=1S/C11H14FNO2/c1-4-7-5-9(12)8(11(14)15)6-10(7)13(2)3/h5-6H,4H2,1-3H3,(H,14,15). The number of anilines is 1. The van der Waals surface area contributed by atoms with Gasteiger partial charge in [-0.3, -0.25) is 0 Å². The Morgan fingerprint density at radius 1 is 1.47 bits per heavy atom. The molecule has 0 heterocycles. The maximum absolute atomic E-state index is 13.3. The minimum absolute atomic E-state index is 0.282. The lowest BCUT2D eigenvalue weighted by atomic mass is 10.1. The van der Waals surface area contributed by atoms with Gasteiger partial charge in [-0.15, -0.1) is 0 Å². The molecule has 0 aliphatic rings. The van der Waals surface area contributed by atoms with Crippen LogP contribution < -0.4 is 4.90 Å². The molecule has 0 amide bonds. The van der Waals surface area contributed by atoms with Crippen LogP contribution in [0.25, 0.3) is 0 Å². The first-order valence-corrected chi connectivity index (χ1v) is 4.70. The maximum Gasteiger partial charge on any atom is 0.338 e. The van der Waals surface area contributed by atoms with Gasteiger partial charge < -0.3 is 10.0 Å². The average Bonchev–Trinajstić information content (AvgIpc) is 2.16. The molecular formula is C11H14FNO2. The number of hydrogen-bond donors (Lipinski definition) is 1. The Labute approximate surface area is 88.1 Å². The highest BCUT2D eigenvalue weighted by atomic mass is 19.1. The number of carbonyl (C=O) groups is 1. The molecular weight excluding hydrogens is 197 g/mol. The van der Waals surface area contributed by atoms with E-state index in [4.69, 9.17) is 5.11 Å². The van der Waals surface area contributed by atoms with E-state index >= 15 is 0 Å². The average molecular weight is 211 g/mol. The zero-order valence-electron chi connectivity index (χ0n) is 9.04. The van der Waals surface area contributed by atoms with Crippen LogP contribution in [-0.4, -0.2) is 25.2 Å². The molecule has 0 bridgehead atoms. The number of hydrogen-bond acceptors (Lipinski definition) is 2. The molecule has 15 heavy (non-hydrogen) atoms. The summed E-state index contributed by atoms with van der Waals surface area (Å²) in [7, 11) is 3.61. The topological polar surface area (TPSA) is 40.5 Å². The van der Waals surface area contributed by atoms with Crippen molar-refractivity contribution in [2.24, 2.45) is 0 Å². The zero-order chi connectivity index (χ0) is 11.6. The number of aryl methyl sites for hydroxylation is 1. The lowest BCUT2D eigenvalue weighted by Gasteiger charge is -2.17. The Kier molecular flexibility index (Phi) is 3.29. The van der Waals surface area contributed by atoms with Gasteiger partial charge in [-0.25, -0.2) is 9.18 Å². The molecule has 0 aromatic heterocycles. The predicted molar refractivity (Wildman–Crippen MR) is 57.1 cm³/mol. The van der Waals surface area contributed by atoms with E-state index in [2.05, 4.69) is 0 Å². The maximum atomic E-state index is 13.3. The highest BCUT2D eigenvalue weighted by Crippen LogP contribution is 2.23. The Morgan fingerprint density at radius 2 is 2.07 bits per heavy atom. The molecule has 0 spiro atoms. The molecule has 0 unspecified atom stereocenters. The summed E-state index contributed by atoms with van der Waals surface area (Å²) in [6, 6.07) is 2.66. The van der Waals surface area contributed by atoms with Crippen molar-refractivity contribution < 1.29 is 14.3 Å². The summed E-state index contributed by atoms with van der Waals surface area (Å²) in [6.07, 6.45) is 0.671. The molecule has 0 fully saturated rings. The number of rotatable bonds is 3. The van der Waals surface area contributed by atoms with Crippen LogP contribution in [-0.2, 0) is 6.42 Å². The quantitative estimate of drug-likeness (QED) is 0.832. The highest BCUT2D eigenvalue weighted by Gasteiger charge is 2.14. The fourth-order valence-corrected chi connectivity index (χ4v) is 1.47. The summed E-state index contributed by atoms with van der Waals surface area (Å²) in [4.78, 5) is 12.5. The van der Waals surface area contributed by atoms with Gasteiger partial charge in [-0.2, -0.15) is 0 Å². The van der Waals surface area contributed by atoms with Crippen LogP contribution in [0.5, 0.6) is 0 Å². The van der Waals surface area contributed by atoms with Crippen LogP contribution in [0.3, 0.4) is 0 Å². The summed E-state index contributed by atoms with van der Waals surface area (Å²) in [5.74, 6) is -1.91. The molecule has 0 atom stereocenters. The summed E-state index contributed by atoms with van der Waals surface area (Å²) in [6.45, 7) is 1.90. The summed E-state index contributed by atoms with van der Waals surface area (Å²) in [5, 5.41) is 8.78. The minimum Gasteiger partial charge on any atom is -0.478 e. The lowest BCUT2D eigenvalue weighted by molar-refractivity contribution is 0.0692. The molecule has 1 aromatic rings. The second-order valence-electron chi connectivity index (χ2n) is 3.51. The number of carboxylic acid groups (broad SMARTS) is 1. The Morgan fingerprint density at radius 3 is 2.47 bits per heavy atom. The third-order valence-corrected chi connectivity index (χ3v) is 2.26. The van der Waals surface area contributed by atoms with Gasteiger partial charge in [0.05, 0.1) is 5.56 Å². The van der Waals surface area contributed by atoms with Gasteiger partial charge in [0.25, 0.3) is 0 Å². The van der Waals surface area contributed by atoms with Crippen LogP contribution in [0.1, 0.15) is 22.8 Å². The molecule has 0 aliphatic heterocycles. The molecule has 4 heteroatoms. The van der Waals surface area contributed by atoms with E-state index in [9.17, 15) is 9.18 Å². The third kappa shape index (κ3) is 2.26. The van der Waals surface area contributed by atoms with Crippen LogP contribution >= 0.6 is 0 Å².